The van der Waals surface area contributed by atoms with Gasteiger partial charge < -0.3 is 0 Å². The molecule has 0 nitrogen and oxygen atoms in total. The summed E-state index contributed by atoms with van der Waals surface area (Å²) in [5, 5.41) is 0. The summed E-state index contributed by atoms with van der Waals surface area (Å²) in [5.74, 6) is 1.01. The first-order valence-corrected chi connectivity index (χ1v) is 5.17. The summed E-state index contributed by atoms with van der Waals surface area (Å²) in [4.78, 5) is 0. The van der Waals surface area contributed by atoms with Crippen LogP contribution in [0.5, 0.6) is 0 Å². The molecule has 2 heteroatoms. The van der Waals surface area contributed by atoms with Crippen molar-refractivity contribution in [3.8, 4) is 0 Å². The maximum Gasteiger partial charge on any atom is 0.0184 e. The zero-order chi connectivity index (χ0) is 7.40. The summed E-state index contributed by atoms with van der Waals surface area (Å²) in [7, 11) is 0. The van der Waals surface area contributed by atoms with Gasteiger partial charge >= 0.3 is 0 Å². The Kier molecular flexibility index (Phi) is 3.56. The molecule has 0 aliphatic carbocycles. The third-order valence-electron chi connectivity index (χ3n) is 1.18. The molecule has 0 atom stereocenters. The molecule has 1 aromatic rings. The number of halogens is 1. The number of rotatable bonds is 2. The fourth-order valence-electron chi connectivity index (χ4n) is 0.698. The van der Waals surface area contributed by atoms with Crippen molar-refractivity contribution >= 4 is 34.4 Å². The van der Waals surface area contributed by atoms with Crippen LogP contribution in [0.1, 0.15) is 5.56 Å². The van der Waals surface area contributed by atoms with E-state index in [0.29, 0.717) is 0 Å². The zero-order valence-corrected chi connectivity index (χ0v) is 8.48. The first kappa shape index (κ1) is 8.40. The lowest BCUT2D eigenvalue weighted by Crippen LogP contribution is -1.77. The third-order valence-corrected chi connectivity index (χ3v) is 2.44. The SMILES string of the molecule is [CH2]SCc1ccc(I)cc1. The highest BCUT2D eigenvalue weighted by molar-refractivity contribution is 14.1. The summed E-state index contributed by atoms with van der Waals surface area (Å²) < 4.78 is 1.29. The number of benzene rings is 1. The molecule has 53 valence electrons. The van der Waals surface area contributed by atoms with E-state index in [4.69, 9.17) is 0 Å². The highest BCUT2D eigenvalue weighted by Gasteiger charge is 1.89. The Labute approximate surface area is 79.5 Å². The van der Waals surface area contributed by atoms with Crippen molar-refractivity contribution in [1.82, 2.24) is 0 Å². The van der Waals surface area contributed by atoms with Crippen molar-refractivity contribution in [3.05, 3.63) is 39.7 Å². The molecule has 1 aromatic carbocycles. The standard InChI is InChI=1S/C8H8IS/c1-10-6-7-2-4-8(9)5-3-7/h2-5H,1,6H2. The summed E-state index contributed by atoms with van der Waals surface area (Å²) in [6.45, 7) is 0. The normalized spacial score (nSPS) is 9.80. The van der Waals surface area contributed by atoms with Gasteiger partial charge in [-0.2, -0.15) is 11.8 Å². The predicted molar refractivity (Wildman–Crippen MR) is 55.8 cm³/mol. The van der Waals surface area contributed by atoms with Crippen molar-refractivity contribution < 1.29 is 0 Å². The van der Waals surface area contributed by atoms with Crippen molar-refractivity contribution in [2.75, 3.05) is 0 Å². The van der Waals surface area contributed by atoms with Crippen molar-refractivity contribution in [1.29, 1.82) is 0 Å². The van der Waals surface area contributed by atoms with Gasteiger partial charge in [0.25, 0.3) is 0 Å². The highest BCUT2D eigenvalue weighted by Crippen LogP contribution is 2.12. The quantitative estimate of drug-likeness (QED) is 0.737. The first-order valence-electron chi connectivity index (χ1n) is 2.94. The van der Waals surface area contributed by atoms with Crippen LogP contribution in [-0.4, -0.2) is 0 Å². The molecule has 1 rings (SSSR count). The topological polar surface area (TPSA) is 0 Å². The van der Waals surface area contributed by atoms with Crippen molar-refractivity contribution in [2.45, 2.75) is 5.75 Å². The lowest BCUT2D eigenvalue weighted by atomic mass is 10.2. The molecular weight excluding hydrogens is 255 g/mol. The first-order chi connectivity index (χ1) is 4.83. The number of hydrogen-bond donors (Lipinski definition) is 0. The summed E-state index contributed by atoms with van der Waals surface area (Å²) in [5.41, 5.74) is 1.35. The Hall–Kier alpha value is 0.300. The van der Waals surface area contributed by atoms with E-state index in [1.807, 2.05) is 0 Å². The van der Waals surface area contributed by atoms with Gasteiger partial charge in [-0.15, -0.1) is 0 Å². The van der Waals surface area contributed by atoms with E-state index in [1.165, 1.54) is 9.13 Å². The van der Waals surface area contributed by atoms with Crippen LogP contribution in [-0.2, 0) is 5.75 Å². The molecule has 0 saturated carbocycles. The summed E-state index contributed by atoms with van der Waals surface area (Å²) >= 11 is 3.91. The van der Waals surface area contributed by atoms with E-state index in [-0.39, 0.29) is 0 Å². The van der Waals surface area contributed by atoms with Crippen LogP contribution in [0.3, 0.4) is 0 Å². The zero-order valence-electron chi connectivity index (χ0n) is 5.51. The minimum absolute atomic E-state index is 1.01. The van der Waals surface area contributed by atoms with Gasteiger partial charge in [0.15, 0.2) is 0 Å². The maximum absolute atomic E-state index is 3.72. The molecule has 0 spiro atoms. The molecule has 10 heavy (non-hydrogen) atoms. The van der Waals surface area contributed by atoms with Crippen molar-refractivity contribution in [3.63, 3.8) is 0 Å². The lowest BCUT2D eigenvalue weighted by Gasteiger charge is -1.96. The van der Waals surface area contributed by atoms with Gasteiger partial charge in [0.05, 0.1) is 0 Å². The van der Waals surface area contributed by atoms with Crippen molar-refractivity contribution in [2.24, 2.45) is 0 Å². The molecule has 0 aliphatic rings. The Bertz CT molecular complexity index is 193. The van der Waals surface area contributed by atoms with Crippen LogP contribution in [0.4, 0.5) is 0 Å². The monoisotopic (exact) mass is 263 g/mol. The molecule has 0 aromatic heterocycles. The second kappa shape index (κ2) is 4.23. The second-order valence-electron chi connectivity index (χ2n) is 1.97. The molecule has 0 saturated heterocycles. The van der Waals surface area contributed by atoms with E-state index in [2.05, 4.69) is 53.1 Å². The van der Waals surface area contributed by atoms with Gasteiger partial charge in [0, 0.05) is 15.6 Å². The second-order valence-corrected chi connectivity index (χ2v) is 3.92. The smallest absolute Gasteiger partial charge is 0.0184 e. The fraction of sp³-hybridized carbons (Fsp3) is 0.125. The molecule has 0 fully saturated rings. The van der Waals surface area contributed by atoms with Crippen LogP contribution in [0.2, 0.25) is 0 Å². The molecule has 1 radical (unpaired) electrons. The average Bonchev–Trinajstić information content (AvgIpc) is 1.95. The molecule has 0 N–H and O–H groups in total. The fourth-order valence-corrected chi connectivity index (χ4v) is 1.49. The van der Waals surface area contributed by atoms with Gasteiger partial charge in [-0.05, 0) is 40.3 Å². The Balaban J connectivity index is 2.69. The van der Waals surface area contributed by atoms with E-state index in [9.17, 15) is 0 Å². The van der Waals surface area contributed by atoms with E-state index < -0.39 is 0 Å². The third kappa shape index (κ3) is 2.50. The Morgan fingerprint density at radius 2 is 1.90 bits per heavy atom. The van der Waals surface area contributed by atoms with E-state index >= 15 is 0 Å². The van der Waals surface area contributed by atoms with Crippen LogP contribution >= 0.6 is 34.4 Å². The Morgan fingerprint density at radius 1 is 1.30 bits per heavy atom. The lowest BCUT2D eigenvalue weighted by molar-refractivity contribution is 1.41. The largest absolute Gasteiger partial charge is 0.156 e. The predicted octanol–water partition coefficient (Wildman–Crippen LogP) is 3.32. The van der Waals surface area contributed by atoms with E-state index in [1.54, 1.807) is 11.8 Å². The van der Waals surface area contributed by atoms with Gasteiger partial charge in [0.1, 0.15) is 0 Å². The van der Waals surface area contributed by atoms with Crippen LogP contribution < -0.4 is 0 Å². The van der Waals surface area contributed by atoms with Gasteiger partial charge in [-0.1, -0.05) is 12.1 Å². The minimum Gasteiger partial charge on any atom is -0.156 e. The molecule has 0 bridgehead atoms. The minimum atomic E-state index is 1.01. The number of hydrogen-bond acceptors (Lipinski definition) is 1. The van der Waals surface area contributed by atoms with Crippen LogP contribution in [0.15, 0.2) is 24.3 Å². The van der Waals surface area contributed by atoms with E-state index in [0.717, 1.165) is 5.75 Å². The molecular formula is C8H8IS. The van der Waals surface area contributed by atoms with Gasteiger partial charge in [-0.25, -0.2) is 0 Å². The molecule has 0 aliphatic heterocycles. The maximum atomic E-state index is 3.72. The number of thioether (sulfide) groups is 1. The highest BCUT2D eigenvalue weighted by atomic mass is 127. The average molecular weight is 263 g/mol. The molecule has 0 heterocycles. The Morgan fingerprint density at radius 3 is 2.40 bits per heavy atom. The van der Waals surface area contributed by atoms with Gasteiger partial charge in [-0.3, -0.25) is 0 Å². The molecule has 0 unspecified atom stereocenters. The summed E-state index contributed by atoms with van der Waals surface area (Å²) in [6, 6.07) is 8.51. The van der Waals surface area contributed by atoms with Crippen LogP contribution in [0.25, 0.3) is 0 Å². The van der Waals surface area contributed by atoms with Crippen LogP contribution in [0, 0.1) is 9.83 Å². The summed E-state index contributed by atoms with van der Waals surface area (Å²) in [6.07, 6.45) is 3.72. The van der Waals surface area contributed by atoms with Gasteiger partial charge in [0.2, 0.25) is 0 Å². The molecule has 0 amide bonds.